The third-order valence-electron chi connectivity index (χ3n) is 3.97. The molecule has 0 aliphatic rings. The van der Waals surface area contributed by atoms with Gasteiger partial charge in [-0.15, -0.1) is 0 Å². The van der Waals surface area contributed by atoms with Crippen LogP contribution < -0.4 is 10.6 Å². The standard InChI is InChI=1S/C18H38N2O2/c1-3-5-7-9-11-13-19-17(16-21)15-18(22)20-14-12-10-8-6-4-2/h17,19,21H,3-16H2,1-2H3,(H,20,22)/t17-/m1/s1. The van der Waals surface area contributed by atoms with Crippen LogP contribution in [0.3, 0.4) is 0 Å². The maximum atomic E-state index is 11.8. The third-order valence-corrected chi connectivity index (χ3v) is 3.97. The SMILES string of the molecule is CCCCCCCNC(=O)C[C@H](CO)NCCCCCCC. The molecule has 0 fully saturated rings. The van der Waals surface area contributed by atoms with Crippen molar-refractivity contribution in [3.05, 3.63) is 0 Å². The molecular formula is C18H38N2O2. The van der Waals surface area contributed by atoms with E-state index in [1.807, 2.05) is 0 Å². The maximum absolute atomic E-state index is 11.8. The molecule has 22 heavy (non-hydrogen) atoms. The Hall–Kier alpha value is -0.610. The molecule has 1 amide bonds. The van der Waals surface area contributed by atoms with Gasteiger partial charge < -0.3 is 15.7 Å². The first-order valence-corrected chi connectivity index (χ1v) is 9.35. The smallest absolute Gasteiger partial charge is 0.221 e. The average Bonchev–Trinajstić information content (AvgIpc) is 2.52. The van der Waals surface area contributed by atoms with Gasteiger partial charge in [0.1, 0.15) is 0 Å². The predicted molar refractivity (Wildman–Crippen MR) is 94.0 cm³/mol. The Morgan fingerprint density at radius 2 is 1.41 bits per heavy atom. The number of unbranched alkanes of at least 4 members (excludes halogenated alkanes) is 8. The highest BCUT2D eigenvalue weighted by Crippen LogP contribution is 2.03. The number of hydrogen-bond donors (Lipinski definition) is 3. The van der Waals surface area contributed by atoms with Gasteiger partial charge in [-0.3, -0.25) is 4.79 Å². The first kappa shape index (κ1) is 21.4. The lowest BCUT2D eigenvalue weighted by Crippen LogP contribution is -2.38. The van der Waals surface area contributed by atoms with Crippen LogP contribution in [0.2, 0.25) is 0 Å². The molecular weight excluding hydrogens is 276 g/mol. The van der Waals surface area contributed by atoms with Crippen LogP contribution in [0.4, 0.5) is 0 Å². The van der Waals surface area contributed by atoms with Gasteiger partial charge in [-0.05, 0) is 19.4 Å². The molecule has 0 rings (SSSR count). The zero-order valence-electron chi connectivity index (χ0n) is 14.8. The zero-order chi connectivity index (χ0) is 16.5. The van der Waals surface area contributed by atoms with Gasteiger partial charge in [0, 0.05) is 19.0 Å². The van der Waals surface area contributed by atoms with Crippen molar-refractivity contribution in [1.82, 2.24) is 10.6 Å². The van der Waals surface area contributed by atoms with Crippen LogP contribution >= 0.6 is 0 Å². The summed E-state index contributed by atoms with van der Waals surface area (Å²) in [5, 5.41) is 15.6. The molecule has 0 bridgehead atoms. The molecule has 0 spiro atoms. The Kier molecular flexibility index (Phi) is 16.3. The predicted octanol–water partition coefficient (Wildman–Crippen LogP) is 3.38. The normalized spacial score (nSPS) is 12.3. The fourth-order valence-corrected chi connectivity index (χ4v) is 2.49. The van der Waals surface area contributed by atoms with Crippen molar-refractivity contribution >= 4 is 5.91 Å². The number of aliphatic hydroxyl groups is 1. The summed E-state index contributed by atoms with van der Waals surface area (Å²) in [5.74, 6) is 0.0491. The van der Waals surface area contributed by atoms with Gasteiger partial charge in [0.05, 0.1) is 6.61 Å². The lowest BCUT2D eigenvalue weighted by Gasteiger charge is -2.16. The molecule has 0 heterocycles. The molecule has 1 atom stereocenters. The highest BCUT2D eigenvalue weighted by Gasteiger charge is 2.11. The Bertz CT molecular complexity index is 247. The van der Waals surface area contributed by atoms with Crippen molar-refractivity contribution in [3.8, 4) is 0 Å². The van der Waals surface area contributed by atoms with Gasteiger partial charge in [-0.2, -0.15) is 0 Å². The first-order chi connectivity index (χ1) is 10.7. The molecule has 3 N–H and O–H groups in total. The van der Waals surface area contributed by atoms with Crippen LogP contribution in [0, 0.1) is 0 Å². The van der Waals surface area contributed by atoms with Gasteiger partial charge in [0.25, 0.3) is 0 Å². The largest absolute Gasteiger partial charge is 0.395 e. The van der Waals surface area contributed by atoms with Crippen LogP contribution in [0.25, 0.3) is 0 Å². The molecule has 4 heteroatoms. The number of nitrogens with one attached hydrogen (secondary N) is 2. The van der Waals surface area contributed by atoms with Gasteiger partial charge in [0.15, 0.2) is 0 Å². The zero-order valence-corrected chi connectivity index (χ0v) is 14.8. The van der Waals surface area contributed by atoms with E-state index in [1.165, 1.54) is 51.4 Å². The topological polar surface area (TPSA) is 61.4 Å². The molecule has 0 radical (unpaired) electrons. The molecule has 0 aromatic carbocycles. The summed E-state index contributed by atoms with van der Waals surface area (Å²) in [5.41, 5.74) is 0. The van der Waals surface area contributed by atoms with E-state index in [0.29, 0.717) is 6.42 Å². The van der Waals surface area contributed by atoms with Crippen molar-refractivity contribution in [3.63, 3.8) is 0 Å². The summed E-state index contributed by atoms with van der Waals surface area (Å²) < 4.78 is 0. The number of carbonyl (C=O) groups is 1. The molecule has 0 unspecified atom stereocenters. The highest BCUT2D eigenvalue weighted by molar-refractivity contribution is 5.76. The monoisotopic (exact) mass is 314 g/mol. The van der Waals surface area contributed by atoms with E-state index in [0.717, 1.165) is 25.9 Å². The number of aliphatic hydroxyl groups excluding tert-OH is 1. The first-order valence-electron chi connectivity index (χ1n) is 9.35. The Labute approximate surface area is 137 Å². The summed E-state index contributed by atoms with van der Waals surface area (Å²) in [6, 6.07) is -0.105. The van der Waals surface area contributed by atoms with E-state index >= 15 is 0 Å². The molecule has 4 nitrogen and oxygen atoms in total. The van der Waals surface area contributed by atoms with Gasteiger partial charge in [-0.1, -0.05) is 65.2 Å². The third kappa shape index (κ3) is 14.3. The highest BCUT2D eigenvalue weighted by atomic mass is 16.3. The van der Waals surface area contributed by atoms with E-state index < -0.39 is 0 Å². The van der Waals surface area contributed by atoms with E-state index in [2.05, 4.69) is 24.5 Å². The van der Waals surface area contributed by atoms with Gasteiger partial charge >= 0.3 is 0 Å². The average molecular weight is 315 g/mol. The Balaban J connectivity index is 3.54. The van der Waals surface area contributed by atoms with Crippen LogP contribution in [0.15, 0.2) is 0 Å². The fourth-order valence-electron chi connectivity index (χ4n) is 2.49. The quantitative estimate of drug-likeness (QED) is 0.383. The summed E-state index contributed by atoms with van der Waals surface area (Å²) in [4.78, 5) is 11.8. The minimum Gasteiger partial charge on any atom is -0.395 e. The molecule has 0 saturated carbocycles. The van der Waals surface area contributed by atoms with Crippen molar-refractivity contribution < 1.29 is 9.90 Å². The van der Waals surface area contributed by atoms with Crippen LogP contribution in [-0.4, -0.2) is 36.8 Å². The molecule has 0 saturated heterocycles. The minimum absolute atomic E-state index is 0.0267. The number of hydrogen-bond acceptors (Lipinski definition) is 3. The molecule has 0 aromatic heterocycles. The van der Waals surface area contributed by atoms with E-state index in [9.17, 15) is 9.90 Å². The summed E-state index contributed by atoms with van der Waals surface area (Å²) in [6.07, 6.45) is 12.6. The van der Waals surface area contributed by atoms with Crippen molar-refractivity contribution in [2.75, 3.05) is 19.7 Å². The van der Waals surface area contributed by atoms with E-state index in [1.54, 1.807) is 0 Å². The van der Waals surface area contributed by atoms with Crippen LogP contribution in [-0.2, 0) is 4.79 Å². The Morgan fingerprint density at radius 3 is 1.95 bits per heavy atom. The van der Waals surface area contributed by atoms with Gasteiger partial charge in [-0.25, -0.2) is 0 Å². The van der Waals surface area contributed by atoms with Gasteiger partial charge in [0.2, 0.25) is 5.91 Å². The number of rotatable bonds is 16. The molecule has 0 aromatic rings. The molecule has 0 aliphatic carbocycles. The lowest BCUT2D eigenvalue weighted by molar-refractivity contribution is -0.121. The fraction of sp³-hybridized carbons (Fsp3) is 0.944. The van der Waals surface area contributed by atoms with Crippen molar-refractivity contribution in [2.24, 2.45) is 0 Å². The number of amides is 1. The van der Waals surface area contributed by atoms with Crippen molar-refractivity contribution in [1.29, 1.82) is 0 Å². The second-order valence-electron chi connectivity index (χ2n) is 6.22. The summed E-state index contributed by atoms with van der Waals surface area (Å²) in [7, 11) is 0. The van der Waals surface area contributed by atoms with Crippen LogP contribution in [0.5, 0.6) is 0 Å². The Morgan fingerprint density at radius 1 is 0.864 bits per heavy atom. The van der Waals surface area contributed by atoms with Crippen molar-refractivity contribution in [2.45, 2.75) is 90.5 Å². The van der Waals surface area contributed by atoms with E-state index in [-0.39, 0.29) is 18.6 Å². The molecule has 0 aliphatic heterocycles. The van der Waals surface area contributed by atoms with Crippen LogP contribution in [0.1, 0.15) is 84.5 Å². The second-order valence-corrected chi connectivity index (χ2v) is 6.22. The lowest BCUT2D eigenvalue weighted by atomic mass is 10.1. The molecule has 132 valence electrons. The summed E-state index contributed by atoms with van der Waals surface area (Å²) in [6.45, 7) is 6.09. The van der Waals surface area contributed by atoms with E-state index in [4.69, 9.17) is 0 Å². The number of carbonyl (C=O) groups excluding carboxylic acids is 1. The second kappa shape index (κ2) is 16.8. The summed E-state index contributed by atoms with van der Waals surface area (Å²) >= 11 is 0. The maximum Gasteiger partial charge on any atom is 0.221 e. The minimum atomic E-state index is -0.105.